The Kier molecular flexibility index (Phi) is 11.3. The van der Waals surface area contributed by atoms with E-state index in [-0.39, 0.29) is 6.61 Å². The van der Waals surface area contributed by atoms with Crippen molar-refractivity contribution in [3.63, 3.8) is 0 Å². The molecule has 1 heterocycles. The maximum atomic E-state index is 12.6. The van der Waals surface area contributed by atoms with Gasteiger partial charge < -0.3 is 24.0 Å². The van der Waals surface area contributed by atoms with Gasteiger partial charge in [-0.25, -0.2) is 4.79 Å². The van der Waals surface area contributed by atoms with Crippen molar-refractivity contribution in [1.29, 1.82) is 0 Å². The van der Waals surface area contributed by atoms with Gasteiger partial charge in [0.05, 0.1) is 13.7 Å². The lowest BCUT2D eigenvalue weighted by atomic mass is 10.1. The van der Waals surface area contributed by atoms with Crippen molar-refractivity contribution in [1.82, 2.24) is 0 Å². The minimum atomic E-state index is -0.870. The van der Waals surface area contributed by atoms with Gasteiger partial charge >= 0.3 is 5.97 Å². The number of rotatable bonds is 10. The third-order valence-electron chi connectivity index (χ3n) is 4.39. The maximum Gasteiger partial charge on any atom is 0.347 e. The first-order valence-corrected chi connectivity index (χ1v) is 12.8. The number of ether oxygens (including phenoxy) is 2. The Bertz CT molecular complexity index is 1190. The third kappa shape index (κ3) is 9.08. The number of nitrogens with zero attached hydrogens (tertiary/aromatic N) is 2. The van der Waals surface area contributed by atoms with E-state index in [1.54, 1.807) is 44.9 Å². The summed E-state index contributed by atoms with van der Waals surface area (Å²) in [5, 5.41) is 8.59. The van der Waals surface area contributed by atoms with Crippen molar-refractivity contribution >= 4 is 50.8 Å². The summed E-state index contributed by atoms with van der Waals surface area (Å²) in [5.41, 5.74) is 2.33. The molecule has 3 aromatic rings. The number of unbranched alkanes of at least 4 members (excludes halogenated alkanes) is 1. The molecule has 35 heavy (non-hydrogen) atoms. The molecule has 0 saturated carbocycles. The summed E-state index contributed by atoms with van der Waals surface area (Å²) in [4.78, 5) is 38.6. The Morgan fingerprint density at radius 2 is 1.86 bits per heavy atom. The molecule has 12 heteroatoms. The highest BCUT2D eigenvalue weighted by molar-refractivity contribution is 7.80. The molecule has 0 spiro atoms. The topological polar surface area (TPSA) is 108 Å². The van der Waals surface area contributed by atoms with Gasteiger partial charge in [-0.15, -0.1) is 10.1 Å². The van der Waals surface area contributed by atoms with Crippen LogP contribution in [-0.2, 0) is 9.63 Å². The van der Waals surface area contributed by atoms with E-state index in [0.717, 1.165) is 20.0 Å². The lowest BCUT2D eigenvalue weighted by Crippen LogP contribution is -2.13. The fraction of sp³-hybridized carbons (Fsp3) is 0.261. The van der Waals surface area contributed by atoms with Crippen molar-refractivity contribution in [3.05, 3.63) is 68.0 Å². The van der Waals surface area contributed by atoms with E-state index in [9.17, 15) is 19.7 Å². The monoisotopic (exact) mass is 536 g/mol. The van der Waals surface area contributed by atoms with Gasteiger partial charge in [-0.2, -0.15) is 0 Å². The van der Waals surface area contributed by atoms with Crippen LogP contribution in [0.1, 0.15) is 23.2 Å². The average molecular weight is 537 g/mol. The first kappa shape index (κ1) is 27.9. The molecule has 0 N–H and O–H groups in total. The van der Waals surface area contributed by atoms with E-state index < -0.39 is 11.1 Å². The van der Waals surface area contributed by atoms with E-state index in [4.69, 9.17) is 21.7 Å². The highest BCUT2D eigenvalue weighted by atomic mass is 32.9. The van der Waals surface area contributed by atoms with Gasteiger partial charge in [0.2, 0.25) is 0 Å². The first-order valence-electron chi connectivity index (χ1n) is 10.2. The van der Waals surface area contributed by atoms with Gasteiger partial charge in [-0.05, 0) is 60.5 Å². The van der Waals surface area contributed by atoms with Crippen molar-refractivity contribution in [3.8, 4) is 21.9 Å². The van der Waals surface area contributed by atoms with Gasteiger partial charge in [0, 0.05) is 31.1 Å². The molecular formula is C23H24N2O7S3. The van der Waals surface area contributed by atoms with Gasteiger partial charge in [0.15, 0.2) is 0 Å². The summed E-state index contributed by atoms with van der Waals surface area (Å²) in [6.45, 7) is 0.00569. The molecule has 9 nitrogen and oxygen atoms in total. The molecule has 0 saturated heterocycles. The Labute approximate surface area is 215 Å². The molecule has 0 aliphatic heterocycles. The van der Waals surface area contributed by atoms with Crippen LogP contribution in [0.3, 0.4) is 0 Å². The molecule has 2 aromatic carbocycles. The minimum absolute atomic E-state index is 0.00569. The lowest BCUT2D eigenvalue weighted by Gasteiger charge is -2.15. The second-order valence-electron chi connectivity index (χ2n) is 7.05. The average Bonchev–Trinajstić information content (AvgIpc) is 3.28. The molecule has 3 rings (SSSR count). The van der Waals surface area contributed by atoms with E-state index >= 15 is 0 Å². The molecule has 0 unspecified atom stereocenters. The fourth-order valence-corrected chi connectivity index (χ4v) is 5.06. The predicted molar refractivity (Wildman–Crippen MR) is 139 cm³/mol. The van der Waals surface area contributed by atoms with E-state index in [2.05, 4.69) is 4.84 Å². The number of hydrogen-bond acceptors (Lipinski definition) is 11. The van der Waals surface area contributed by atoms with Crippen LogP contribution in [0.2, 0.25) is 0 Å². The summed E-state index contributed by atoms with van der Waals surface area (Å²) >= 11 is 5.17. The number of carbonyl (C=O) groups excluding carboxylic acids is 2. The van der Waals surface area contributed by atoms with Gasteiger partial charge in [0.1, 0.15) is 27.2 Å². The van der Waals surface area contributed by atoms with Crippen LogP contribution in [-0.4, -0.2) is 45.2 Å². The largest absolute Gasteiger partial charge is 0.496 e. The molecular weight excluding hydrogens is 512 g/mol. The van der Waals surface area contributed by atoms with Crippen LogP contribution < -0.4 is 14.4 Å². The van der Waals surface area contributed by atoms with Crippen LogP contribution in [0.15, 0.2) is 48.5 Å². The van der Waals surface area contributed by atoms with Crippen LogP contribution >= 0.6 is 32.9 Å². The Hall–Kier alpha value is -3.35. The first-order chi connectivity index (χ1) is 16.7. The highest BCUT2D eigenvalue weighted by Gasteiger charge is 2.16. The standard InChI is InChI=1S/C19H17NO3S3.C4H7NO4/c1-20(2)13-6-9-16(22-3)15(10-13)19(21)23-14-7-4-12(5-8-14)17-11-18(24)26-25-17;6-3-1-2-4-9-5(7)8/h4-11H,1-3H3;3H,1-2,4H2. The molecule has 0 atom stereocenters. The molecule has 0 fully saturated rings. The summed E-state index contributed by atoms with van der Waals surface area (Å²) in [6, 6.07) is 14.8. The van der Waals surface area contributed by atoms with E-state index in [1.807, 2.05) is 43.3 Å². The van der Waals surface area contributed by atoms with Crippen molar-refractivity contribution in [2.45, 2.75) is 12.8 Å². The number of hydrogen-bond donors (Lipinski definition) is 0. The van der Waals surface area contributed by atoms with Crippen molar-refractivity contribution < 1.29 is 29.0 Å². The lowest BCUT2D eigenvalue weighted by molar-refractivity contribution is -0.757. The number of benzene rings is 2. The zero-order valence-corrected chi connectivity index (χ0v) is 21.7. The number of aldehydes is 1. The van der Waals surface area contributed by atoms with Crippen molar-refractivity contribution in [2.75, 3.05) is 32.7 Å². The normalized spacial score (nSPS) is 9.91. The second kappa shape index (κ2) is 14.1. The number of carbonyl (C=O) groups is 2. The van der Waals surface area contributed by atoms with Crippen LogP contribution in [0.25, 0.3) is 10.4 Å². The van der Waals surface area contributed by atoms with E-state index in [0.29, 0.717) is 36.2 Å². The molecule has 0 aliphatic carbocycles. The SMILES string of the molecule is COc1ccc(N(C)C)cc1C(=O)Oc1ccc(-c2cc(=S)ss2)cc1.O=CCCCO[N+](=O)[O-]. The zero-order chi connectivity index (χ0) is 25.8. The number of anilines is 1. The molecule has 0 bridgehead atoms. The van der Waals surface area contributed by atoms with Crippen LogP contribution in [0, 0.1) is 13.9 Å². The number of esters is 1. The van der Waals surface area contributed by atoms with Gasteiger partial charge in [0.25, 0.3) is 5.09 Å². The molecule has 0 amide bonds. The maximum absolute atomic E-state index is 12.6. The molecule has 186 valence electrons. The second-order valence-corrected chi connectivity index (χ2v) is 9.96. The van der Waals surface area contributed by atoms with Gasteiger partial charge in [-0.1, -0.05) is 32.9 Å². The summed E-state index contributed by atoms with van der Waals surface area (Å²) in [6.07, 6.45) is 1.42. The Morgan fingerprint density at radius 1 is 1.14 bits per heavy atom. The summed E-state index contributed by atoms with van der Waals surface area (Å²) < 4.78 is 11.7. The Balaban J connectivity index is 0.000000410. The fourth-order valence-electron chi connectivity index (χ4n) is 2.66. The quantitative estimate of drug-likeness (QED) is 0.0473. The summed E-state index contributed by atoms with van der Waals surface area (Å²) in [5.74, 6) is 0.509. The van der Waals surface area contributed by atoms with Gasteiger partial charge in [-0.3, -0.25) is 0 Å². The molecule has 0 radical (unpaired) electrons. The minimum Gasteiger partial charge on any atom is -0.496 e. The highest BCUT2D eigenvalue weighted by Crippen LogP contribution is 2.31. The third-order valence-corrected chi connectivity index (χ3v) is 7.30. The number of methoxy groups -OCH3 is 1. The van der Waals surface area contributed by atoms with Crippen molar-refractivity contribution in [2.24, 2.45) is 0 Å². The van der Waals surface area contributed by atoms with E-state index in [1.165, 1.54) is 7.11 Å². The smallest absolute Gasteiger partial charge is 0.347 e. The van der Waals surface area contributed by atoms with Crippen LogP contribution in [0.4, 0.5) is 5.69 Å². The predicted octanol–water partition coefficient (Wildman–Crippen LogP) is 5.67. The summed E-state index contributed by atoms with van der Waals surface area (Å²) in [7, 11) is 8.57. The Morgan fingerprint density at radius 3 is 2.40 bits per heavy atom. The zero-order valence-electron chi connectivity index (χ0n) is 19.3. The molecule has 0 aliphatic rings. The van der Waals surface area contributed by atoms with Crippen LogP contribution in [0.5, 0.6) is 11.5 Å². The molecule has 1 aromatic heterocycles.